The highest BCUT2D eigenvalue weighted by Gasteiger charge is 2.23. The van der Waals surface area contributed by atoms with E-state index < -0.39 is 17.5 Å². The number of fused-ring (bicyclic) bond motifs is 2. The summed E-state index contributed by atoms with van der Waals surface area (Å²) in [6, 6.07) is 19.7. The highest BCUT2D eigenvalue weighted by atomic mass is 35.5. The molecule has 45 heavy (non-hydrogen) atoms. The first kappa shape index (κ1) is 32.6. The lowest BCUT2D eigenvalue weighted by atomic mass is 10.00. The van der Waals surface area contributed by atoms with Gasteiger partial charge in [0, 0.05) is 44.4 Å². The van der Waals surface area contributed by atoms with Crippen molar-refractivity contribution in [3.05, 3.63) is 123 Å². The van der Waals surface area contributed by atoms with Crippen LogP contribution in [0.25, 0.3) is 0 Å². The van der Waals surface area contributed by atoms with Crippen molar-refractivity contribution in [1.82, 2.24) is 0 Å². The van der Waals surface area contributed by atoms with Gasteiger partial charge in [-0.05, 0) is 38.1 Å². The molecule has 0 saturated heterocycles. The van der Waals surface area contributed by atoms with Gasteiger partial charge in [0.05, 0.1) is 42.0 Å². The number of aliphatic imine (C=N–C) groups is 2. The molecule has 6 rings (SSSR count). The Hall–Kier alpha value is -3.83. The van der Waals surface area contributed by atoms with Gasteiger partial charge in [0.1, 0.15) is 9.98 Å². The summed E-state index contributed by atoms with van der Waals surface area (Å²) in [5.41, 5.74) is 4.57. The summed E-state index contributed by atoms with van der Waals surface area (Å²) in [5.74, 6) is -2.15. The predicted molar refractivity (Wildman–Crippen MR) is 185 cm³/mol. The number of rotatable bonds is 4. The van der Waals surface area contributed by atoms with Crippen LogP contribution >= 0.6 is 47.6 Å². The third kappa shape index (κ3) is 7.53. The van der Waals surface area contributed by atoms with Gasteiger partial charge in [0.25, 0.3) is 0 Å². The van der Waals surface area contributed by atoms with E-state index in [0.717, 1.165) is 17.7 Å². The van der Waals surface area contributed by atoms with E-state index in [2.05, 4.69) is 20.6 Å². The smallest absolute Gasteiger partial charge is 0.165 e. The van der Waals surface area contributed by atoms with Crippen LogP contribution < -0.4 is 15.4 Å². The molecule has 0 aliphatic carbocycles. The monoisotopic (exact) mass is 684 g/mol. The number of hydrogen-bond donors (Lipinski definition) is 2. The number of nitrogens with zero attached hydrogens (tertiary/aromatic N) is 2. The van der Waals surface area contributed by atoms with E-state index in [1.807, 2.05) is 32.0 Å². The average Bonchev–Trinajstić information content (AvgIpc) is 3.24. The van der Waals surface area contributed by atoms with Crippen molar-refractivity contribution >= 4 is 80.4 Å². The van der Waals surface area contributed by atoms with E-state index in [9.17, 15) is 13.2 Å². The number of benzodiazepines with no additional fused rings is 2. The Bertz CT molecular complexity index is 1880. The van der Waals surface area contributed by atoms with Gasteiger partial charge in [0.2, 0.25) is 0 Å². The minimum Gasteiger partial charge on any atom is -0.488 e. The van der Waals surface area contributed by atoms with Crippen LogP contribution in [-0.4, -0.2) is 40.6 Å². The third-order valence-electron chi connectivity index (χ3n) is 6.57. The van der Waals surface area contributed by atoms with Crippen LogP contribution in [-0.2, 0) is 0 Å². The molecule has 0 unspecified atom stereocenters. The van der Waals surface area contributed by atoms with Crippen LogP contribution in [0, 0.1) is 17.5 Å². The zero-order valence-electron chi connectivity index (χ0n) is 23.9. The zero-order chi connectivity index (χ0) is 32.2. The first-order chi connectivity index (χ1) is 21.5. The second kappa shape index (κ2) is 14.1. The Morgan fingerprint density at radius 3 is 1.60 bits per heavy atom. The van der Waals surface area contributed by atoms with Crippen LogP contribution in [0.15, 0.2) is 82.8 Å². The van der Waals surface area contributed by atoms with Gasteiger partial charge < -0.3 is 15.4 Å². The van der Waals surface area contributed by atoms with Crippen molar-refractivity contribution < 1.29 is 17.9 Å². The molecule has 0 aromatic heterocycles. The number of ether oxygens (including phenoxy) is 1. The molecule has 4 aromatic carbocycles. The summed E-state index contributed by atoms with van der Waals surface area (Å²) >= 11 is 22.9. The Kier molecular flexibility index (Phi) is 10.2. The molecule has 0 saturated carbocycles. The molecule has 0 fully saturated rings. The van der Waals surface area contributed by atoms with Crippen LogP contribution in [0.2, 0.25) is 10.0 Å². The van der Waals surface area contributed by atoms with Crippen molar-refractivity contribution in [2.45, 2.75) is 20.0 Å². The summed E-state index contributed by atoms with van der Waals surface area (Å²) in [6.45, 7) is 4.24. The molecule has 4 aromatic rings. The third-order valence-corrected chi connectivity index (χ3v) is 7.69. The molecule has 0 amide bonds. The number of halogens is 5. The normalized spacial score (nSPS) is 14.0. The molecular weight excluding hydrogens is 660 g/mol. The second-order valence-corrected chi connectivity index (χ2v) is 12.0. The molecule has 0 bridgehead atoms. The van der Waals surface area contributed by atoms with E-state index >= 15 is 0 Å². The van der Waals surface area contributed by atoms with Gasteiger partial charge in [0.15, 0.2) is 23.2 Å². The molecule has 5 nitrogen and oxygen atoms in total. The molecule has 2 N–H and O–H groups in total. The largest absolute Gasteiger partial charge is 0.488 e. The average molecular weight is 686 g/mol. The van der Waals surface area contributed by atoms with Crippen molar-refractivity contribution in [3.63, 3.8) is 0 Å². The highest BCUT2D eigenvalue weighted by Crippen LogP contribution is 2.33. The fourth-order valence-corrected chi connectivity index (χ4v) is 5.46. The van der Waals surface area contributed by atoms with E-state index in [1.165, 1.54) is 6.07 Å². The summed E-state index contributed by atoms with van der Waals surface area (Å²) in [5, 5.41) is 7.03. The van der Waals surface area contributed by atoms with Crippen LogP contribution in [0.4, 0.5) is 24.5 Å². The molecule has 0 atom stereocenters. The number of thiocarbonyl (C=S) groups is 2. The van der Waals surface area contributed by atoms with Crippen molar-refractivity contribution in [2.24, 2.45) is 9.98 Å². The molecule has 2 aliphatic rings. The number of hydrogen-bond acceptors (Lipinski definition) is 5. The van der Waals surface area contributed by atoms with Gasteiger partial charge in [-0.15, -0.1) is 0 Å². The van der Waals surface area contributed by atoms with Crippen LogP contribution in [0.5, 0.6) is 5.75 Å². The zero-order valence-corrected chi connectivity index (χ0v) is 27.1. The van der Waals surface area contributed by atoms with Gasteiger partial charge in [-0.2, -0.15) is 0 Å². The molecule has 230 valence electrons. The van der Waals surface area contributed by atoms with Gasteiger partial charge in [-0.3, -0.25) is 9.98 Å². The fourth-order valence-electron chi connectivity index (χ4n) is 4.66. The Morgan fingerprint density at radius 1 is 0.667 bits per heavy atom. The van der Waals surface area contributed by atoms with Gasteiger partial charge in [-0.1, -0.05) is 84.0 Å². The minimum absolute atomic E-state index is 0.132. The number of nitrogens with one attached hydrogen (secondary N) is 2. The van der Waals surface area contributed by atoms with Gasteiger partial charge >= 0.3 is 0 Å². The fraction of sp³-hybridized carbons (Fsp3) is 0.152. The number of anilines is 2. The predicted octanol–water partition coefficient (Wildman–Crippen LogP) is 9.07. The van der Waals surface area contributed by atoms with Crippen molar-refractivity contribution in [2.75, 3.05) is 23.7 Å². The lowest BCUT2D eigenvalue weighted by molar-refractivity contribution is 0.231. The molecular formula is C33H25Cl2F3N4OS2. The first-order valence-electron chi connectivity index (χ1n) is 13.7. The summed E-state index contributed by atoms with van der Waals surface area (Å²) in [4.78, 5) is 9.91. The standard InChI is InChI=1S/C18H16ClFN2OS.C15H9ClF2N2S/c1-10(2)23-16-8-15-12(7-14(16)20)18(21-9-17(24)22-15)11-5-3-4-6-13(11)19;16-10-4-2-1-3-8(10)15-9-5-11(17)12(18)6-13(9)20-14(21)7-19-15/h3-8,10H,9H2,1-2H3,(H,22,24);1-6H,7H2,(H,20,21). The minimum atomic E-state index is -0.942. The van der Waals surface area contributed by atoms with Crippen LogP contribution in [0.1, 0.15) is 36.1 Å². The van der Waals surface area contributed by atoms with E-state index in [1.54, 1.807) is 36.4 Å². The SMILES string of the molecule is CC(C)Oc1cc2c(cc1F)C(c1ccccc1Cl)=NCC(=S)N2.Fc1cc2c(cc1F)C(c1ccccc1Cl)=NCC(=S)N2. The maximum atomic E-state index is 14.5. The maximum Gasteiger partial charge on any atom is 0.165 e. The lowest BCUT2D eigenvalue weighted by Gasteiger charge is -2.16. The molecule has 0 radical (unpaired) electrons. The molecule has 0 spiro atoms. The second-order valence-electron chi connectivity index (χ2n) is 10.2. The molecule has 12 heteroatoms. The van der Waals surface area contributed by atoms with E-state index in [0.29, 0.717) is 66.1 Å². The Labute approximate surface area is 279 Å². The van der Waals surface area contributed by atoms with Crippen molar-refractivity contribution in [1.29, 1.82) is 0 Å². The summed E-state index contributed by atoms with van der Waals surface area (Å²) < 4.78 is 47.1. The van der Waals surface area contributed by atoms with Crippen molar-refractivity contribution in [3.8, 4) is 5.75 Å². The maximum absolute atomic E-state index is 14.5. The highest BCUT2D eigenvalue weighted by molar-refractivity contribution is 7.80. The first-order valence-corrected chi connectivity index (χ1v) is 15.3. The van der Waals surface area contributed by atoms with Crippen LogP contribution in [0.3, 0.4) is 0 Å². The molecule has 2 aliphatic heterocycles. The molecule has 2 heterocycles. The van der Waals surface area contributed by atoms with E-state index in [-0.39, 0.29) is 18.4 Å². The number of benzene rings is 4. The Balaban J connectivity index is 0.000000179. The topological polar surface area (TPSA) is 58.0 Å². The quantitative estimate of drug-likeness (QED) is 0.210. The van der Waals surface area contributed by atoms with E-state index in [4.69, 9.17) is 52.4 Å². The van der Waals surface area contributed by atoms with Gasteiger partial charge in [-0.25, -0.2) is 13.2 Å². The Morgan fingerprint density at radius 2 is 1.11 bits per heavy atom. The summed E-state index contributed by atoms with van der Waals surface area (Å²) in [7, 11) is 0. The summed E-state index contributed by atoms with van der Waals surface area (Å²) in [6.07, 6.45) is -0.132. The lowest BCUT2D eigenvalue weighted by Crippen LogP contribution is -2.13.